The maximum Gasteiger partial charge on any atom is 0.228 e. The normalized spacial score (nSPS) is 19.2. The van der Waals surface area contributed by atoms with Crippen LogP contribution in [-0.2, 0) is 4.79 Å². The third-order valence-electron chi connectivity index (χ3n) is 2.75. The number of carbonyl (C=O) groups is 1. The number of ether oxygens (including phenoxy) is 1. The molecule has 0 bridgehead atoms. The van der Waals surface area contributed by atoms with Crippen LogP contribution in [0.25, 0.3) is 0 Å². The third-order valence-corrected chi connectivity index (χ3v) is 3.07. The number of rotatable bonds is 2. The highest BCUT2D eigenvalue weighted by Gasteiger charge is 2.31. The van der Waals surface area contributed by atoms with Gasteiger partial charge in [-0.2, -0.15) is 5.26 Å². The molecule has 0 aromatic heterocycles. The Morgan fingerprint density at radius 2 is 2.35 bits per heavy atom. The number of nitriles is 1. The van der Waals surface area contributed by atoms with Gasteiger partial charge in [-0.15, -0.1) is 0 Å². The molecule has 1 aromatic rings. The number of hydrogen-bond acceptors (Lipinski definition) is 3. The zero-order valence-electron chi connectivity index (χ0n) is 9.31. The van der Waals surface area contributed by atoms with Crippen molar-refractivity contribution in [1.29, 1.82) is 5.26 Å². The molecule has 0 radical (unpaired) electrons. The molecule has 2 rings (SSSR count). The second-order valence-corrected chi connectivity index (χ2v) is 4.26. The third kappa shape index (κ3) is 2.20. The van der Waals surface area contributed by atoms with Gasteiger partial charge in [0.25, 0.3) is 0 Å². The summed E-state index contributed by atoms with van der Waals surface area (Å²) in [5.41, 5.74) is 0.605. The van der Waals surface area contributed by atoms with E-state index in [0.717, 1.165) is 0 Å². The summed E-state index contributed by atoms with van der Waals surface area (Å²) in [5, 5.41) is 9.32. The van der Waals surface area contributed by atoms with E-state index in [1.54, 1.807) is 30.2 Å². The molecule has 1 atom stereocenters. The average molecular weight is 251 g/mol. The Morgan fingerprint density at radius 3 is 2.94 bits per heavy atom. The molecule has 5 heteroatoms. The Bertz CT molecular complexity index is 496. The number of amides is 1. The van der Waals surface area contributed by atoms with Crippen LogP contribution in [0.1, 0.15) is 6.42 Å². The second kappa shape index (κ2) is 4.64. The summed E-state index contributed by atoms with van der Waals surface area (Å²) in [5.74, 6) is 0.300. The van der Waals surface area contributed by atoms with Crippen molar-refractivity contribution in [2.45, 2.75) is 6.42 Å². The van der Waals surface area contributed by atoms with E-state index in [9.17, 15) is 4.79 Å². The van der Waals surface area contributed by atoms with Gasteiger partial charge in [-0.3, -0.25) is 4.79 Å². The SMILES string of the molecule is COc1ccc(Cl)c(N2CC(C#N)CC2=O)c1. The summed E-state index contributed by atoms with van der Waals surface area (Å²) in [6.45, 7) is 0.391. The van der Waals surface area contributed by atoms with Gasteiger partial charge in [0.05, 0.1) is 29.8 Å². The monoisotopic (exact) mass is 250 g/mol. The van der Waals surface area contributed by atoms with Crippen LogP contribution in [0.5, 0.6) is 5.75 Å². The summed E-state index contributed by atoms with van der Waals surface area (Å²) in [6.07, 6.45) is 0.254. The first kappa shape index (κ1) is 11.7. The van der Waals surface area contributed by atoms with Crippen LogP contribution >= 0.6 is 11.6 Å². The van der Waals surface area contributed by atoms with E-state index < -0.39 is 0 Å². The lowest BCUT2D eigenvalue weighted by molar-refractivity contribution is -0.117. The molecule has 88 valence electrons. The van der Waals surface area contributed by atoms with E-state index in [4.69, 9.17) is 21.6 Å². The zero-order valence-corrected chi connectivity index (χ0v) is 10.1. The van der Waals surface area contributed by atoms with Crippen LogP contribution in [0.2, 0.25) is 5.02 Å². The quantitative estimate of drug-likeness (QED) is 0.809. The average Bonchev–Trinajstić information content (AvgIpc) is 2.71. The van der Waals surface area contributed by atoms with Gasteiger partial charge >= 0.3 is 0 Å². The van der Waals surface area contributed by atoms with Crippen molar-refractivity contribution in [3.63, 3.8) is 0 Å². The van der Waals surface area contributed by atoms with Crippen molar-refractivity contribution < 1.29 is 9.53 Å². The minimum absolute atomic E-state index is 0.0771. The number of hydrogen-bond donors (Lipinski definition) is 0. The summed E-state index contributed by atoms with van der Waals surface area (Å²) in [6, 6.07) is 7.23. The first-order valence-corrected chi connectivity index (χ1v) is 5.57. The first-order chi connectivity index (χ1) is 8.15. The van der Waals surface area contributed by atoms with Crippen molar-refractivity contribution in [3.8, 4) is 11.8 Å². The Kier molecular flexibility index (Phi) is 3.21. The Morgan fingerprint density at radius 1 is 1.59 bits per heavy atom. The predicted molar refractivity (Wildman–Crippen MR) is 64.1 cm³/mol. The predicted octanol–water partition coefficient (Wildman–Crippen LogP) is 2.23. The Labute approximate surface area is 104 Å². The second-order valence-electron chi connectivity index (χ2n) is 3.85. The fourth-order valence-corrected chi connectivity index (χ4v) is 2.07. The first-order valence-electron chi connectivity index (χ1n) is 5.19. The highest BCUT2D eigenvalue weighted by atomic mass is 35.5. The lowest BCUT2D eigenvalue weighted by Crippen LogP contribution is -2.24. The molecule has 1 amide bonds. The van der Waals surface area contributed by atoms with E-state index in [0.29, 0.717) is 23.0 Å². The summed E-state index contributed by atoms with van der Waals surface area (Å²) in [4.78, 5) is 13.3. The maximum absolute atomic E-state index is 11.8. The number of halogens is 1. The lowest BCUT2D eigenvalue weighted by atomic mass is 10.1. The molecule has 0 aliphatic carbocycles. The molecule has 1 unspecified atom stereocenters. The van der Waals surface area contributed by atoms with E-state index >= 15 is 0 Å². The van der Waals surface area contributed by atoms with Crippen LogP contribution in [0.15, 0.2) is 18.2 Å². The largest absolute Gasteiger partial charge is 0.497 e. The van der Waals surface area contributed by atoms with Gasteiger partial charge in [-0.25, -0.2) is 0 Å². The van der Waals surface area contributed by atoms with Gasteiger partial charge in [-0.1, -0.05) is 11.6 Å². The molecule has 1 heterocycles. The molecular weight excluding hydrogens is 240 g/mol. The summed E-state index contributed by atoms with van der Waals surface area (Å²) < 4.78 is 5.10. The molecule has 0 N–H and O–H groups in total. The van der Waals surface area contributed by atoms with Crippen molar-refractivity contribution >= 4 is 23.2 Å². The number of nitrogens with zero attached hydrogens (tertiary/aromatic N) is 2. The topological polar surface area (TPSA) is 53.3 Å². The van der Waals surface area contributed by atoms with Gasteiger partial charge in [0.1, 0.15) is 5.75 Å². The highest BCUT2D eigenvalue weighted by molar-refractivity contribution is 6.34. The van der Waals surface area contributed by atoms with Gasteiger partial charge < -0.3 is 9.64 Å². The minimum atomic E-state index is -0.259. The molecule has 1 aromatic carbocycles. The lowest BCUT2D eigenvalue weighted by Gasteiger charge is -2.18. The maximum atomic E-state index is 11.8. The van der Waals surface area contributed by atoms with Gasteiger partial charge in [-0.05, 0) is 12.1 Å². The van der Waals surface area contributed by atoms with Crippen molar-refractivity contribution in [1.82, 2.24) is 0 Å². The fourth-order valence-electron chi connectivity index (χ4n) is 1.85. The standard InChI is InChI=1S/C12H11ClN2O2/c1-17-9-2-3-10(13)11(5-9)15-7-8(6-14)4-12(15)16/h2-3,5,8H,4,7H2,1H3. The van der Waals surface area contributed by atoms with Crippen molar-refractivity contribution in [2.75, 3.05) is 18.6 Å². The molecule has 0 saturated carbocycles. The Balaban J connectivity index is 2.34. The number of benzene rings is 1. The van der Waals surface area contributed by atoms with E-state index in [-0.39, 0.29) is 18.2 Å². The van der Waals surface area contributed by atoms with E-state index in [1.165, 1.54) is 0 Å². The van der Waals surface area contributed by atoms with Gasteiger partial charge in [0.15, 0.2) is 0 Å². The van der Waals surface area contributed by atoms with Crippen molar-refractivity contribution in [2.24, 2.45) is 5.92 Å². The number of carbonyl (C=O) groups excluding carboxylic acids is 1. The molecule has 1 saturated heterocycles. The molecule has 1 aliphatic rings. The highest BCUT2D eigenvalue weighted by Crippen LogP contribution is 2.33. The zero-order chi connectivity index (χ0) is 12.4. The fraction of sp³-hybridized carbons (Fsp3) is 0.333. The van der Waals surface area contributed by atoms with E-state index in [2.05, 4.69) is 6.07 Å². The Hall–Kier alpha value is -1.73. The summed E-state index contributed by atoms with van der Waals surface area (Å²) >= 11 is 6.06. The summed E-state index contributed by atoms with van der Waals surface area (Å²) in [7, 11) is 1.55. The molecule has 1 fully saturated rings. The van der Waals surface area contributed by atoms with Gasteiger partial charge in [0, 0.05) is 19.0 Å². The van der Waals surface area contributed by atoms with Crippen LogP contribution in [0.4, 0.5) is 5.69 Å². The van der Waals surface area contributed by atoms with Crippen LogP contribution in [0.3, 0.4) is 0 Å². The number of anilines is 1. The minimum Gasteiger partial charge on any atom is -0.497 e. The van der Waals surface area contributed by atoms with Crippen LogP contribution < -0.4 is 9.64 Å². The molecule has 1 aliphatic heterocycles. The van der Waals surface area contributed by atoms with Gasteiger partial charge in [0.2, 0.25) is 5.91 Å². The van der Waals surface area contributed by atoms with E-state index in [1.807, 2.05) is 0 Å². The molecule has 4 nitrogen and oxygen atoms in total. The van der Waals surface area contributed by atoms with Crippen LogP contribution in [-0.4, -0.2) is 19.6 Å². The molecule has 0 spiro atoms. The molecular formula is C12H11ClN2O2. The van der Waals surface area contributed by atoms with Crippen molar-refractivity contribution in [3.05, 3.63) is 23.2 Å². The number of methoxy groups -OCH3 is 1. The van der Waals surface area contributed by atoms with Crippen LogP contribution in [0, 0.1) is 17.2 Å². The smallest absolute Gasteiger partial charge is 0.228 e. The molecule has 17 heavy (non-hydrogen) atoms.